The molecule has 0 bridgehead atoms. The van der Waals surface area contributed by atoms with Crippen LogP contribution in [0.3, 0.4) is 0 Å². The summed E-state index contributed by atoms with van der Waals surface area (Å²) in [7, 11) is 1.56. The topological polar surface area (TPSA) is 53.6 Å². The minimum absolute atomic E-state index is 0. The third-order valence-electron chi connectivity index (χ3n) is 4.39. The number of ether oxygens (including phenoxy) is 1. The average molecular weight is 451 g/mol. The third kappa shape index (κ3) is 5.88. The van der Waals surface area contributed by atoms with Gasteiger partial charge in [0.05, 0.1) is 25.4 Å². The first kappa shape index (κ1) is 24.3. The Morgan fingerprint density at radius 3 is 2.82 bits per heavy atom. The van der Waals surface area contributed by atoms with Crippen LogP contribution in [0.5, 0.6) is 5.75 Å². The zero-order valence-corrected chi connectivity index (χ0v) is 17.7. The Kier molecular flexibility index (Phi) is 9.82. The van der Waals surface area contributed by atoms with Crippen LogP contribution in [0.4, 0.5) is 10.1 Å². The number of rotatable bonds is 5. The first-order valence-corrected chi connectivity index (χ1v) is 8.79. The molecular weight excluding hydrogens is 428 g/mol. The quantitative estimate of drug-likeness (QED) is 0.725. The maximum Gasteiger partial charge on any atom is 0.242 e. The van der Waals surface area contributed by atoms with Crippen LogP contribution in [0.2, 0.25) is 5.02 Å². The SMILES string of the molecule is COc1ccc(Cl)cc1NCC(=O)N1CCNCC1c1cccc(F)c1.Cl.Cl. The van der Waals surface area contributed by atoms with Crippen molar-refractivity contribution in [3.05, 3.63) is 58.9 Å². The minimum atomic E-state index is -0.303. The molecule has 1 amide bonds. The zero-order valence-electron chi connectivity index (χ0n) is 15.3. The van der Waals surface area contributed by atoms with Gasteiger partial charge in [0, 0.05) is 24.7 Å². The van der Waals surface area contributed by atoms with Crippen LogP contribution in [0.25, 0.3) is 0 Å². The van der Waals surface area contributed by atoms with Gasteiger partial charge in [0.15, 0.2) is 0 Å². The highest BCUT2D eigenvalue weighted by Gasteiger charge is 2.28. The molecule has 9 heteroatoms. The normalized spacial score (nSPS) is 15.8. The number of halogens is 4. The fourth-order valence-electron chi connectivity index (χ4n) is 3.11. The molecule has 0 aliphatic carbocycles. The van der Waals surface area contributed by atoms with E-state index in [1.54, 1.807) is 36.3 Å². The Hall–Kier alpha value is -1.73. The largest absolute Gasteiger partial charge is 0.495 e. The Morgan fingerprint density at radius 2 is 2.11 bits per heavy atom. The van der Waals surface area contributed by atoms with Gasteiger partial charge in [0.1, 0.15) is 11.6 Å². The number of amides is 1. The van der Waals surface area contributed by atoms with E-state index in [-0.39, 0.29) is 49.1 Å². The summed E-state index contributed by atoms with van der Waals surface area (Å²) < 4.78 is 18.9. The number of nitrogens with zero attached hydrogens (tertiary/aromatic N) is 1. The lowest BCUT2D eigenvalue weighted by atomic mass is 10.0. The molecule has 0 aromatic heterocycles. The summed E-state index contributed by atoms with van der Waals surface area (Å²) in [4.78, 5) is 14.6. The van der Waals surface area contributed by atoms with Gasteiger partial charge in [0.2, 0.25) is 5.91 Å². The number of benzene rings is 2. The van der Waals surface area contributed by atoms with Crippen molar-refractivity contribution in [1.82, 2.24) is 10.2 Å². The van der Waals surface area contributed by atoms with Gasteiger partial charge in [-0.05, 0) is 35.9 Å². The molecule has 0 saturated carbocycles. The summed E-state index contributed by atoms with van der Waals surface area (Å²) in [5, 5.41) is 6.91. The summed E-state index contributed by atoms with van der Waals surface area (Å²) >= 11 is 6.02. The standard InChI is InChI=1S/C19H21ClFN3O2.2ClH/c1-26-18-6-5-14(20)10-16(18)23-12-19(25)24-8-7-22-11-17(24)13-3-2-4-15(21)9-13;;/h2-6,9-10,17,22-23H,7-8,11-12H2,1H3;2*1H. The van der Waals surface area contributed by atoms with Gasteiger partial charge in [-0.3, -0.25) is 4.79 Å². The molecule has 2 N–H and O–H groups in total. The number of nitrogens with one attached hydrogen (secondary N) is 2. The summed E-state index contributed by atoms with van der Waals surface area (Å²) in [6.07, 6.45) is 0. The molecule has 1 atom stereocenters. The highest BCUT2D eigenvalue weighted by Crippen LogP contribution is 2.28. The molecule has 2 aromatic carbocycles. The number of hydrogen-bond acceptors (Lipinski definition) is 4. The maximum absolute atomic E-state index is 13.6. The second kappa shape index (κ2) is 11.3. The van der Waals surface area contributed by atoms with Gasteiger partial charge in [0.25, 0.3) is 0 Å². The van der Waals surface area contributed by atoms with Crippen molar-refractivity contribution in [3.8, 4) is 5.75 Å². The molecule has 154 valence electrons. The van der Waals surface area contributed by atoms with E-state index in [1.165, 1.54) is 12.1 Å². The van der Waals surface area contributed by atoms with E-state index < -0.39 is 0 Å². The molecule has 1 aliphatic rings. The zero-order chi connectivity index (χ0) is 18.5. The van der Waals surface area contributed by atoms with E-state index in [0.29, 0.717) is 36.1 Å². The van der Waals surface area contributed by atoms with Crippen molar-refractivity contribution in [2.75, 3.05) is 38.6 Å². The lowest BCUT2D eigenvalue weighted by molar-refractivity contribution is -0.132. The van der Waals surface area contributed by atoms with Crippen molar-refractivity contribution >= 4 is 48.0 Å². The maximum atomic E-state index is 13.6. The van der Waals surface area contributed by atoms with Gasteiger partial charge >= 0.3 is 0 Å². The van der Waals surface area contributed by atoms with E-state index in [2.05, 4.69) is 10.6 Å². The molecular formula is C19H23Cl3FN3O2. The lowest BCUT2D eigenvalue weighted by Gasteiger charge is -2.36. The van der Waals surface area contributed by atoms with Crippen LogP contribution < -0.4 is 15.4 Å². The summed E-state index contributed by atoms with van der Waals surface area (Å²) in [5.74, 6) is 0.245. The summed E-state index contributed by atoms with van der Waals surface area (Å²) in [6, 6.07) is 11.4. The third-order valence-corrected chi connectivity index (χ3v) is 4.62. The Balaban J connectivity index is 0.00000196. The highest BCUT2D eigenvalue weighted by atomic mass is 35.5. The van der Waals surface area contributed by atoms with Crippen LogP contribution in [0.1, 0.15) is 11.6 Å². The molecule has 2 aromatic rings. The highest BCUT2D eigenvalue weighted by molar-refractivity contribution is 6.30. The van der Waals surface area contributed by atoms with Crippen LogP contribution in [0.15, 0.2) is 42.5 Å². The van der Waals surface area contributed by atoms with Crippen LogP contribution in [0, 0.1) is 5.82 Å². The molecule has 28 heavy (non-hydrogen) atoms. The van der Waals surface area contributed by atoms with Crippen LogP contribution in [-0.2, 0) is 4.79 Å². The molecule has 3 rings (SSSR count). The molecule has 1 aliphatic heterocycles. The second-order valence-corrected chi connectivity index (χ2v) is 6.50. The average Bonchev–Trinajstić information content (AvgIpc) is 2.66. The molecule has 1 fully saturated rings. The van der Waals surface area contributed by atoms with Gasteiger partial charge < -0.3 is 20.3 Å². The second-order valence-electron chi connectivity index (χ2n) is 6.06. The first-order valence-electron chi connectivity index (χ1n) is 8.41. The van der Waals surface area contributed by atoms with E-state index in [1.807, 2.05) is 6.07 Å². The number of carbonyl (C=O) groups excluding carboxylic acids is 1. The summed E-state index contributed by atoms with van der Waals surface area (Å²) in [6.45, 7) is 1.96. The predicted molar refractivity (Wildman–Crippen MR) is 115 cm³/mol. The van der Waals surface area contributed by atoms with E-state index in [9.17, 15) is 9.18 Å². The molecule has 1 heterocycles. The Morgan fingerprint density at radius 1 is 1.32 bits per heavy atom. The molecule has 5 nitrogen and oxygen atoms in total. The van der Waals surface area contributed by atoms with Crippen molar-refractivity contribution in [1.29, 1.82) is 0 Å². The minimum Gasteiger partial charge on any atom is -0.495 e. The Bertz CT molecular complexity index is 795. The van der Waals surface area contributed by atoms with Gasteiger partial charge in [-0.1, -0.05) is 23.7 Å². The van der Waals surface area contributed by atoms with Crippen molar-refractivity contribution < 1.29 is 13.9 Å². The van der Waals surface area contributed by atoms with Crippen molar-refractivity contribution in [2.24, 2.45) is 0 Å². The van der Waals surface area contributed by atoms with E-state index in [0.717, 1.165) is 5.56 Å². The molecule has 0 spiro atoms. The lowest BCUT2D eigenvalue weighted by Crippen LogP contribution is -2.50. The number of methoxy groups -OCH3 is 1. The van der Waals surface area contributed by atoms with Gasteiger partial charge in [-0.25, -0.2) is 4.39 Å². The molecule has 1 unspecified atom stereocenters. The summed E-state index contributed by atoms with van der Waals surface area (Å²) in [5.41, 5.74) is 1.44. The fraction of sp³-hybridized carbons (Fsp3) is 0.316. The van der Waals surface area contributed by atoms with Gasteiger partial charge in [-0.2, -0.15) is 0 Å². The number of piperazine rings is 1. The number of hydrogen-bond donors (Lipinski definition) is 2. The van der Waals surface area contributed by atoms with Crippen LogP contribution in [-0.4, -0.2) is 44.1 Å². The van der Waals surface area contributed by atoms with E-state index in [4.69, 9.17) is 16.3 Å². The Labute approximate surface area is 181 Å². The van der Waals surface area contributed by atoms with Crippen molar-refractivity contribution in [3.63, 3.8) is 0 Å². The fourth-order valence-corrected chi connectivity index (χ4v) is 3.28. The monoisotopic (exact) mass is 449 g/mol. The molecule has 1 saturated heterocycles. The number of anilines is 1. The predicted octanol–water partition coefficient (Wildman–Crippen LogP) is 3.92. The van der Waals surface area contributed by atoms with Gasteiger partial charge in [-0.15, -0.1) is 24.8 Å². The van der Waals surface area contributed by atoms with Crippen LogP contribution >= 0.6 is 36.4 Å². The van der Waals surface area contributed by atoms with Crippen molar-refractivity contribution in [2.45, 2.75) is 6.04 Å². The first-order chi connectivity index (χ1) is 12.6. The smallest absolute Gasteiger partial charge is 0.242 e. The number of carbonyl (C=O) groups is 1. The van der Waals surface area contributed by atoms with E-state index >= 15 is 0 Å². The molecule has 0 radical (unpaired) electrons.